The number of alkyl halides is 5. The van der Waals surface area contributed by atoms with Crippen molar-refractivity contribution in [3.8, 4) is 0 Å². The van der Waals surface area contributed by atoms with Crippen molar-refractivity contribution < 1.29 is 26.3 Å². The van der Waals surface area contributed by atoms with Crippen LogP contribution < -0.4 is 11.1 Å². The molecule has 0 bridgehead atoms. The molecule has 0 aliphatic carbocycles. The Morgan fingerprint density at radius 3 is 2.42 bits per heavy atom. The number of anilines is 3. The van der Waals surface area contributed by atoms with E-state index in [2.05, 4.69) is 20.3 Å². The third-order valence-electron chi connectivity index (χ3n) is 4.62. The lowest BCUT2D eigenvalue weighted by molar-refractivity contribution is -0.137. The molecule has 2 unspecified atom stereocenters. The normalized spacial score (nSPS) is 20.5. The second-order valence-electron chi connectivity index (χ2n) is 6.75. The highest BCUT2D eigenvalue weighted by atomic mass is 19.4. The summed E-state index contributed by atoms with van der Waals surface area (Å²) >= 11 is 0. The lowest BCUT2D eigenvalue weighted by Crippen LogP contribution is -2.33. The minimum Gasteiger partial charge on any atom is -0.384 e. The first kappa shape index (κ1) is 20.7. The minimum absolute atomic E-state index is 0.0466. The summed E-state index contributed by atoms with van der Waals surface area (Å²) in [5.74, 6) is -0.693. The summed E-state index contributed by atoms with van der Waals surface area (Å²) in [6.45, 7) is 0. The first-order valence-corrected chi connectivity index (χ1v) is 8.90. The maximum Gasteiger partial charge on any atom is 0.416 e. The lowest BCUT2D eigenvalue weighted by Gasteiger charge is -2.27. The van der Waals surface area contributed by atoms with Gasteiger partial charge in [0.1, 0.15) is 29.6 Å². The molecule has 1 aromatic heterocycles. The van der Waals surface area contributed by atoms with Gasteiger partial charge in [-0.15, -0.1) is 0 Å². The quantitative estimate of drug-likeness (QED) is 0.680. The van der Waals surface area contributed by atoms with E-state index in [1.807, 2.05) is 0 Å². The van der Waals surface area contributed by atoms with Gasteiger partial charge in [0.05, 0.1) is 11.3 Å². The molecule has 0 saturated heterocycles. The lowest BCUT2D eigenvalue weighted by atomic mass is 10.0. The van der Waals surface area contributed by atoms with E-state index in [1.165, 1.54) is 29.2 Å². The number of fused-ring (bicyclic) bond motifs is 1. The van der Waals surface area contributed by atoms with Crippen molar-refractivity contribution in [2.45, 2.75) is 24.7 Å². The second kappa shape index (κ2) is 7.60. The Morgan fingerprint density at radius 1 is 1.06 bits per heavy atom. The summed E-state index contributed by atoms with van der Waals surface area (Å²) in [4.78, 5) is 13.3. The molecule has 4 rings (SSSR count). The Hall–Kier alpha value is -3.57. The molecule has 0 fully saturated rings. The largest absolute Gasteiger partial charge is 0.416 e. The van der Waals surface area contributed by atoms with E-state index in [0.29, 0.717) is 0 Å². The smallest absolute Gasteiger partial charge is 0.384 e. The van der Waals surface area contributed by atoms with E-state index in [1.54, 1.807) is 0 Å². The molecule has 2 atom stereocenters. The standard InChI is InChI=1S/C19H14F6N6/c20-10-3-6-14-30-15(17(21)22)16(31(14)8-10)12-7-13(26)29-18(28-12)27-11-4-1-9(2-5-11)19(23,24)25/h1-8,15-17H,(H3,26,27,28,29). The van der Waals surface area contributed by atoms with Crippen LogP contribution in [0.4, 0.5) is 43.8 Å². The van der Waals surface area contributed by atoms with Gasteiger partial charge in [-0.1, -0.05) is 0 Å². The summed E-state index contributed by atoms with van der Waals surface area (Å²) in [6.07, 6.45) is -3.94. The molecule has 0 spiro atoms. The molecule has 2 aromatic rings. The number of nitrogen functional groups attached to an aromatic ring is 1. The highest BCUT2D eigenvalue weighted by molar-refractivity contribution is 5.97. The topological polar surface area (TPSA) is 79.4 Å². The van der Waals surface area contributed by atoms with E-state index >= 15 is 0 Å². The van der Waals surface area contributed by atoms with Gasteiger partial charge >= 0.3 is 6.18 Å². The summed E-state index contributed by atoms with van der Waals surface area (Å²) in [7, 11) is 0. The number of nitrogens with two attached hydrogens (primary N) is 1. The SMILES string of the molecule is Nc1cc(C2C(C(F)F)N=C3C=CC(F)=CN32)nc(Nc2ccc(C(F)(F)F)cc2)n1. The molecule has 6 nitrogen and oxygen atoms in total. The summed E-state index contributed by atoms with van der Waals surface area (Å²) in [5, 5.41) is 2.70. The first-order valence-electron chi connectivity index (χ1n) is 8.90. The maximum atomic E-state index is 13.7. The molecule has 0 amide bonds. The van der Waals surface area contributed by atoms with Crippen LogP contribution in [0.5, 0.6) is 0 Å². The number of rotatable bonds is 4. The third kappa shape index (κ3) is 4.18. The Balaban J connectivity index is 1.65. The fraction of sp³-hybridized carbons (Fsp3) is 0.211. The zero-order valence-electron chi connectivity index (χ0n) is 15.5. The number of nitrogens with zero attached hydrogens (tertiary/aromatic N) is 4. The van der Waals surface area contributed by atoms with Crippen molar-refractivity contribution in [3.63, 3.8) is 0 Å². The van der Waals surface area contributed by atoms with Crippen molar-refractivity contribution in [2.24, 2.45) is 4.99 Å². The fourth-order valence-corrected chi connectivity index (χ4v) is 3.28. The number of allylic oxidation sites excluding steroid dienone is 2. The second-order valence-corrected chi connectivity index (χ2v) is 6.75. The summed E-state index contributed by atoms with van der Waals surface area (Å²) in [6, 6.07) is 2.66. The predicted octanol–water partition coefficient (Wildman–Crippen LogP) is 4.59. The molecule has 31 heavy (non-hydrogen) atoms. The van der Waals surface area contributed by atoms with Gasteiger partial charge in [-0.2, -0.15) is 18.2 Å². The van der Waals surface area contributed by atoms with Gasteiger partial charge in [0.25, 0.3) is 6.43 Å². The zero-order valence-corrected chi connectivity index (χ0v) is 15.5. The molecular weight excluding hydrogens is 426 g/mol. The van der Waals surface area contributed by atoms with Crippen molar-refractivity contribution in [1.82, 2.24) is 14.9 Å². The van der Waals surface area contributed by atoms with Crippen LogP contribution in [0, 0.1) is 0 Å². The number of aliphatic imine (C=N–C) groups is 1. The van der Waals surface area contributed by atoms with Gasteiger partial charge in [0.15, 0.2) is 0 Å². The van der Waals surface area contributed by atoms with E-state index in [-0.39, 0.29) is 29.0 Å². The Kier molecular flexibility index (Phi) is 5.07. The summed E-state index contributed by atoms with van der Waals surface area (Å²) < 4.78 is 79.2. The van der Waals surface area contributed by atoms with Crippen LogP contribution >= 0.6 is 0 Å². The number of nitrogens with one attached hydrogen (secondary N) is 1. The maximum absolute atomic E-state index is 13.7. The van der Waals surface area contributed by atoms with Gasteiger partial charge in [0.2, 0.25) is 5.95 Å². The molecule has 0 saturated carbocycles. The zero-order chi connectivity index (χ0) is 22.3. The van der Waals surface area contributed by atoms with Crippen LogP contribution in [-0.4, -0.2) is 33.2 Å². The average molecular weight is 440 g/mol. The van der Waals surface area contributed by atoms with E-state index in [4.69, 9.17) is 5.73 Å². The van der Waals surface area contributed by atoms with Crippen molar-refractivity contribution >= 4 is 23.3 Å². The van der Waals surface area contributed by atoms with Gasteiger partial charge in [0, 0.05) is 18.0 Å². The number of hydrogen-bond donors (Lipinski definition) is 2. The van der Waals surface area contributed by atoms with Crippen molar-refractivity contribution in [3.05, 3.63) is 65.8 Å². The molecule has 3 heterocycles. The molecule has 1 aromatic carbocycles. The number of benzene rings is 1. The van der Waals surface area contributed by atoms with Crippen LogP contribution in [0.3, 0.4) is 0 Å². The fourth-order valence-electron chi connectivity index (χ4n) is 3.28. The van der Waals surface area contributed by atoms with Crippen LogP contribution in [0.2, 0.25) is 0 Å². The van der Waals surface area contributed by atoms with Crippen LogP contribution in [0.15, 0.2) is 59.5 Å². The molecule has 12 heteroatoms. The van der Waals surface area contributed by atoms with Crippen molar-refractivity contribution in [1.29, 1.82) is 0 Å². The monoisotopic (exact) mass is 440 g/mol. The predicted molar refractivity (Wildman–Crippen MR) is 101 cm³/mol. The first-order chi connectivity index (χ1) is 14.6. The van der Waals surface area contributed by atoms with Gasteiger partial charge in [-0.25, -0.2) is 18.2 Å². The van der Waals surface area contributed by atoms with Crippen molar-refractivity contribution in [2.75, 3.05) is 11.1 Å². The highest BCUT2D eigenvalue weighted by Crippen LogP contribution is 2.38. The third-order valence-corrected chi connectivity index (χ3v) is 4.62. The van der Waals surface area contributed by atoms with E-state index in [9.17, 15) is 26.3 Å². The highest BCUT2D eigenvalue weighted by Gasteiger charge is 2.43. The van der Waals surface area contributed by atoms with Crippen LogP contribution in [0.1, 0.15) is 17.3 Å². The molecule has 2 aliphatic rings. The van der Waals surface area contributed by atoms with Gasteiger partial charge < -0.3 is 16.0 Å². The number of aromatic nitrogens is 2. The molecule has 0 radical (unpaired) electrons. The van der Waals surface area contributed by atoms with E-state index in [0.717, 1.165) is 24.4 Å². The Morgan fingerprint density at radius 2 is 1.77 bits per heavy atom. The summed E-state index contributed by atoms with van der Waals surface area (Å²) in [5.41, 5.74) is 5.23. The van der Waals surface area contributed by atoms with Crippen LogP contribution in [-0.2, 0) is 6.18 Å². The van der Waals surface area contributed by atoms with E-state index < -0.39 is 36.1 Å². The minimum atomic E-state index is -4.49. The molecule has 3 N–H and O–H groups in total. The van der Waals surface area contributed by atoms with Gasteiger partial charge in [-0.3, -0.25) is 4.99 Å². The average Bonchev–Trinajstić information content (AvgIpc) is 3.06. The Labute approximate surface area is 171 Å². The molecular formula is C19H14F6N6. The van der Waals surface area contributed by atoms with Crippen LogP contribution in [0.25, 0.3) is 0 Å². The molecule has 162 valence electrons. The van der Waals surface area contributed by atoms with Gasteiger partial charge in [-0.05, 0) is 36.4 Å². The molecule has 2 aliphatic heterocycles. The number of halogens is 6. The number of hydrogen-bond acceptors (Lipinski definition) is 6. The Bertz CT molecular complexity index is 1080. The number of amidine groups is 1.